The highest BCUT2D eigenvalue weighted by Crippen LogP contribution is 2.25. The zero-order valence-corrected chi connectivity index (χ0v) is 14.9. The molecule has 2 amide bonds. The summed E-state index contributed by atoms with van der Waals surface area (Å²) in [6.45, 7) is 1.07. The lowest BCUT2D eigenvalue weighted by Gasteiger charge is -2.23. The van der Waals surface area contributed by atoms with Gasteiger partial charge in [-0.1, -0.05) is 25.0 Å². The third-order valence-electron chi connectivity index (χ3n) is 5.44. The maximum atomic E-state index is 12.7. The van der Waals surface area contributed by atoms with Crippen molar-refractivity contribution in [2.45, 2.75) is 57.5 Å². The van der Waals surface area contributed by atoms with Crippen LogP contribution in [0.15, 0.2) is 24.3 Å². The molecule has 1 saturated heterocycles. The highest BCUT2D eigenvalue weighted by Gasteiger charge is 2.30. The number of carboxylic acid groups (broad SMARTS) is 1. The molecule has 1 aromatic rings. The molecular formula is C20H26N2O4. The SMILES string of the molecule is O=C(O)CC1CCCN1C(=O)c1ccc(CNC(=O)C2CCCC2)cc1. The van der Waals surface area contributed by atoms with Crippen LogP contribution in [-0.2, 0) is 16.1 Å². The maximum absolute atomic E-state index is 12.7. The molecule has 140 valence electrons. The third kappa shape index (κ3) is 4.42. The Morgan fingerprint density at radius 2 is 1.73 bits per heavy atom. The lowest BCUT2D eigenvalue weighted by molar-refractivity contribution is -0.138. The summed E-state index contributed by atoms with van der Waals surface area (Å²) >= 11 is 0. The van der Waals surface area contributed by atoms with E-state index in [9.17, 15) is 14.4 Å². The quantitative estimate of drug-likeness (QED) is 0.818. The molecule has 1 aromatic carbocycles. The largest absolute Gasteiger partial charge is 0.481 e. The first-order valence-electron chi connectivity index (χ1n) is 9.44. The summed E-state index contributed by atoms with van der Waals surface area (Å²) in [5.74, 6) is -0.716. The second-order valence-corrected chi connectivity index (χ2v) is 7.29. The minimum Gasteiger partial charge on any atom is -0.481 e. The molecule has 1 aliphatic carbocycles. The number of nitrogens with one attached hydrogen (secondary N) is 1. The zero-order chi connectivity index (χ0) is 18.5. The summed E-state index contributed by atoms with van der Waals surface area (Å²) in [5, 5.41) is 12.0. The molecule has 0 aromatic heterocycles. The van der Waals surface area contributed by atoms with E-state index in [0.717, 1.165) is 44.1 Å². The van der Waals surface area contributed by atoms with Gasteiger partial charge in [0.2, 0.25) is 5.91 Å². The van der Waals surface area contributed by atoms with Crippen molar-refractivity contribution < 1.29 is 19.5 Å². The zero-order valence-electron chi connectivity index (χ0n) is 14.9. The molecule has 1 atom stereocenters. The molecule has 1 heterocycles. The number of hydrogen-bond acceptors (Lipinski definition) is 3. The van der Waals surface area contributed by atoms with Crippen molar-refractivity contribution in [3.63, 3.8) is 0 Å². The molecule has 0 radical (unpaired) electrons. The monoisotopic (exact) mass is 358 g/mol. The van der Waals surface area contributed by atoms with Crippen molar-refractivity contribution in [3.05, 3.63) is 35.4 Å². The van der Waals surface area contributed by atoms with Gasteiger partial charge in [0.05, 0.1) is 6.42 Å². The topological polar surface area (TPSA) is 86.7 Å². The van der Waals surface area contributed by atoms with E-state index < -0.39 is 5.97 Å². The van der Waals surface area contributed by atoms with Crippen molar-refractivity contribution in [2.75, 3.05) is 6.54 Å². The number of nitrogens with zero attached hydrogens (tertiary/aromatic N) is 1. The minimum absolute atomic E-state index is 0.00295. The molecular weight excluding hydrogens is 332 g/mol. The first-order valence-corrected chi connectivity index (χ1v) is 9.44. The summed E-state index contributed by atoms with van der Waals surface area (Å²) in [6.07, 6.45) is 5.80. The van der Waals surface area contributed by atoms with Gasteiger partial charge in [0.25, 0.3) is 5.91 Å². The number of amides is 2. The van der Waals surface area contributed by atoms with E-state index in [1.165, 1.54) is 0 Å². The number of hydrogen-bond donors (Lipinski definition) is 2. The lowest BCUT2D eigenvalue weighted by Crippen LogP contribution is -2.36. The minimum atomic E-state index is -0.872. The summed E-state index contributed by atoms with van der Waals surface area (Å²) in [4.78, 5) is 37.4. The maximum Gasteiger partial charge on any atom is 0.305 e. The molecule has 1 aliphatic heterocycles. The van der Waals surface area contributed by atoms with Gasteiger partial charge >= 0.3 is 5.97 Å². The van der Waals surface area contributed by atoms with Crippen molar-refractivity contribution in [1.29, 1.82) is 0 Å². The van der Waals surface area contributed by atoms with Crippen LogP contribution < -0.4 is 5.32 Å². The molecule has 2 N–H and O–H groups in total. The van der Waals surface area contributed by atoms with Crippen LogP contribution in [-0.4, -0.2) is 40.4 Å². The Balaban J connectivity index is 1.55. The molecule has 3 rings (SSSR count). The fraction of sp³-hybridized carbons (Fsp3) is 0.550. The fourth-order valence-electron chi connectivity index (χ4n) is 3.97. The fourth-order valence-corrected chi connectivity index (χ4v) is 3.97. The van der Waals surface area contributed by atoms with E-state index >= 15 is 0 Å². The number of aliphatic carboxylic acids is 1. The Morgan fingerprint density at radius 1 is 1.04 bits per heavy atom. The Morgan fingerprint density at radius 3 is 2.38 bits per heavy atom. The molecule has 6 nitrogen and oxygen atoms in total. The lowest BCUT2D eigenvalue weighted by atomic mass is 10.1. The van der Waals surface area contributed by atoms with Crippen LogP contribution >= 0.6 is 0 Å². The third-order valence-corrected chi connectivity index (χ3v) is 5.44. The number of rotatable bonds is 6. The van der Waals surface area contributed by atoms with Gasteiger partial charge in [0.15, 0.2) is 0 Å². The second-order valence-electron chi connectivity index (χ2n) is 7.29. The highest BCUT2D eigenvalue weighted by molar-refractivity contribution is 5.95. The molecule has 0 bridgehead atoms. The molecule has 26 heavy (non-hydrogen) atoms. The standard InChI is InChI=1S/C20H26N2O4/c23-18(24)12-17-6-3-11-22(17)20(26)16-9-7-14(8-10-16)13-21-19(25)15-4-1-2-5-15/h7-10,15,17H,1-6,11-13H2,(H,21,25)(H,23,24). The van der Waals surface area contributed by atoms with Crippen molar-refractivity contribution in [2.24, 2.45) is 5.92 Å². The molecule has 2 aliphatic rings. The van der Waals surface area contributed by atoms with E-state index in [4.69, 9.17) is 5.11 Å². The number of likely N-dealkylation sites (tertiary alicyclic amines) is 1. The number of carbonyl (C=O) groups excluding carboxylic acids is 2. The average molecular weight is 358 g/mol. The van der Waals surface area contributed by atoms with Crippen LogP contribution in [0.2, 0.25) is 0 Å². The molecule has 1 unspecified atom stereocenters. The summed E-state index contributed by atoms with van der Waals surface area (Å²) in [6, 6.07) is 7.00. The van der Waals surface area contributed by atoms with E-state index in [1.807, 2.05) is 12.1 Å². The van der Waals surface area contributed by atoms with Crippen molar-refractivity contribution in [1.82, 2.24) is 10.2 Å². The first kappa shape index (κ1) is 18.4. The Bertz CT molecular complexity index is 665. The smallest absolute Gasteiger partial charge is 0.305 e. The Kier molecular flexibility index (Phi) is 5.91. The van der Waals surface area contributed by atoms with Crippen LogP contribution in [0.25, 0.3) is 0 Å². The Hall–Kier alpha value is -2.37. The predicted octanol–water partition coefficient (Wildman–Crippen LogP) is 2.57. The molecule has 6 heteroatoms. The number of carbonyl (C=O) groups is 3. The van der Waals surface area contributed by atoms with Crippen LogP contribution in [0, 0.1) is 5.92 Å². The van der Waals surface area contributed by atoms with Crippen LogP contribution in [0.1, 0.15) is 60.9 Å². The number of carboxylic acids is 1. The number of benzene rings is 1. The van der Waals surface area contributed by atoms with Gasteiger partial charge in [-0.05, 0) is 43.4 Å². The van der Waals surface area contributed by atoms with Crippen LogP contribution in [0.5, 0.6) is 0 Å². The summed E-state index contributed by atoms with van der Waals surface area (Å²) in [5.41, 5.74) is 1.52. The Labute approximate surface area is 153 Å². The summed E-state index contributed by atoms with van der Waals surface area (Å²) in [7, 11) is 0. The van der Waals surface area contributed by atoms with Crippen molar-refractivity contribution >= 4 is 17.8 Å². The van der Waals surface area contributed by atoms with Gasteiger partial charge in [0, 0.05) is 30.6 Å². The predicted molar refractivity (Wildman–Crippen MR) is 96.6 cm³/mol. The molecule has 0 spiro atoms. The second kappa shape index (κ2) is 8.34. The van der Waals surface area contributed by atoms with Crippen LogP contribution in [0.4, 0.5) is 0 Å². The summed E-state index contributed by atoms with van der Waals surface area (Å²) < 4.78 is 0. The van der Waals surface area contributed by atoms with Crippen molar-refractivity contribution in [3.8, 4) is 0 Å². The average Bonchev–Trinajstić information content (AvgIpc) is 3.31. The van der Waals surface area contributed by atoms with Gasteiger partial charge in [-0.25, -0.2) is 0 Å². The van der Waals surface area contributed by atoms with E-state index in [1.54, 1.807) is 17.0 Å². The van der Waals surface area contributed by atoms with Crippen LogP contribution in [0.3, 0.4) is 0 Å². The highest BCUT2D eigenvalue weighted by atomic mass is 16.4. The van der Waals surface area contributed by atoms with E-state index in [0.29, 0.717) is 18.7 Å². The van der Waals surface area contributed by atoms with E-state index in [2.05, 4.69) is 5.32 Å². The first-order chi connectivity index (χ1) is 12.5. The van der Waals surface area contributed by atoms with Gasteiger partial charge in [-0.2, -0.15) is 0 Å². The molecule has 2 fully saturated rings. The van der Waals surface area contributed by atoms with Gasteiger partial charge in [-0.15, -0.1) is 0 Å². The van der Waals surface area contributed by atoms with Gasteiger partial charge in [-0.3, -0.25) is 14.4 Å². The van der Waals surface area contributed by atoms with Gasteiger partial charge in [0.1, 0.15) is 0 Å². The molecule has 1 saturated carbocycles. The van der Waals surface area contributed by atoms with Gasteiger partial charge < -0.3 is 15.3 Å². The van der Waals surface area contributed by atoms with E-state index in [-0.39, 0.29) is 30.2 Å². The normalized spacial score (nSPS) is 20.3.